The van der Waals surface area contributed by atoms with E-state index < -0.39 is 5.41 Å². The van der Waals surface area contributed by atoms with Crippen molar-refractivity contribution in [3.05, 3.63) is 24.3 Å². The molecule has 1 amide bonds. The molecule has 0 saturated carbocycles. The van der Waals surface area contributed by atoms with Crippen molar-refractivity contribution in [2.45, 2.75) is 20.8 Å². The number of hydrogen-bond acceptors (Lipinski definition) is 3. The topological polar surface area (TPSA) is 64.3 Å². The van der Waals surface area contributed by atoms with Crippen LogP contribution in [0.1, 0.15) is 20.8 Å². The minimum absolute atomic E-state index is 0.00636. The van der Waals surface area contributed by atoms with Crippen molar-refractivity contribution >= 4 is 11.6 Å². The Morgan fingerprint density at radius 3 is 2.35 bits per heavy atom. The third-order valence-corrected chi connectivity index (χ3v) is 2.18. The van der Waals surface area contributed by atoms with Gasteiger partial charge in [0.1, 0.15) is 12.4 Å². The Kier molecular flexibility index (Phi) is 4.52. The highest BCUT2D eigenvalue weighted by Crippen LogP contribution is 2.19. The molecule has 0 bridgehead atoms. The average molecular weight is 236 g/mol. The number of anilines is 1. The van der Waals surface area contributed by atoms with Crippen molar-refractivity contribution in [3.8, 4) is 5.75 Å². The fourth-order valence-corrected chi connectivity index (χ4v) is 1.13. The lowest BCUT2D eigenvalue weighted by Crippen LogP contribution is -2.27. The number of amides is 1. The number of hydrogen-bond donors (Lipinski definition) is 2. The predicted octanol–water partition coefficient (Wildman–Crippen LogP) is 2.01. The molecule has 0 fully saturated rings. The highest BCUT2D eigenvalue weighted by atomic mass is 16.5. The van der Waals surface area contributed by atoms with Crippen LogP contribution in [0.15, 0.2) is 24.3 Å². The molecule has 0 unspecified atom stereocenters. The molecular formula is C13H20N2O2. The van der Waals surface area contributed by atoms with Crippen molar-refractivity contribution in [2.75, 3.05) is 18.5 Å². The first kappa shape index (κ1) is 13.5. The number of carbonyl (C=O) groups is 1. The summed E-state index contributed by atoms with van der Waals surface area (Å²) in [4.78, 5) is 11.7. The molecule has 0 aromatic heterocycles. The molecule has 0 aliphatic carbocycles. The summed E-state index contributed by atoms with van der Waals surface area (Å²) in [6.07, 6.45) is 0. The van der Waals surface area contributed by atoms with Crippen molar-refractivity contribution < 1.29 is 9.53 Å². The van der Waals surface area contributed by atoms with Gasteiger partial charge in [0.2, 0.25) is 5.91 Å². The van der Waals surface area contributed by atoms with Crippen LogP contribution in [0.5, 0.6) is 5.75 Å². The van der Waals surface area contributed by atoms with Crippen molar-refractivity contribution in [1.29, 1.82) is 0 Å². The molecular weight excluding hydrogens is 216 g/mol. The zero-order valence-corrected chi connectivity index (χ0v) is 10.6. The lowest BCUT2D eigenvalue weighted by Gasteiger charge is -2.17. The molecule has 0 radical (unpaired) electrons. The number of carbonyl (C=O) groups excluding carboxylic acids is 1. The Bertz CT molecular complexity index is 366. The standard InChI is InChI=1S/C13H20N2O2/c1-13(2,3)12(16)15-10-4-6-11(7-5-10)17-9-8-14/h4-7H,8-9,14H2,1-3H3,(H,15,16). The van der Waals surface area contributed by atoms with Gasteiger partial charge in [-0.2, -0.15) is 0 Å². The zero-order chi connectivity index (χ0) is 12.9. The molecule has 1 aromatic rings. The Balaban J connectivity index is 2.59. The van der Waals surface area contributed by atoms with Crippen LogP contribution in [0.25, 0.3) is 0 Å². The first-order valence-corrected chi connectivity index (χ1v) is 5.68. The highest BCUT2D eigenvalue weighted by Gasteiger charge is 2.20. The molecule has 4 nitrogen and oxygen atoms in total. The first-order chi connectivity index (χ1) is 7.93. The van der Waals surface area contributed by atoms with Crippen LogP contribution in [-0.2, 0) is 4.79 Å². The largest absolute Gasteiger partial charge is 0.492 e. The Labute approximate surface area is 102 Å². The minimum atomic E-state index is -0.394. The van der Waals surface area contributed by atoms with E-state index in [1.165, 1.54) is 0 Å². The number of nitrogens with two attached hydrogens (primary N) is 1. The van der Waals surface area contributed by atoms with Crippen LogP contribution in [0.4, 0.5) is 5.69 Å². The number of nitrogens with one attached hydrogen (secondary N) is 1. The lowest BCUT2D eigenvalue weighted by molar-refractivity contribution is -0.123. The smallest absolute Gasteiger partial charge is 0.229 e. The van der Waals surface area contributed by atoms with Gasteiger partial charge in [-0.3, -0.25) is 4.79 Å². The summed E-state index contributed by atoms with van der Waals surface area (Å²) in [5, 5.41) is 2.85. The van der Waals surface area contributed by atoms with E-state index in [4.69, 9.17) is 10.5 Å². The molecule has 0 saturated heterocycles. The van der Waals surface area contributed by atoms with Gasteiger partial charge in [0.25, 0.3) is 0 Å². The fourth-order valence-electron chi connectivity index (χ4n) is 1.13. The van der Waals surface area contributed by atoms with Crippen LogP contribution in [0.3, 0.4) is 0 Å². The summed E-state index contributed by atoms with van der Waals surface area (Å²) in [5.74, 6) is 0.748. The molecule has 0 spiro atoms. The molecule has 0 atom stereocenters. The quantitative estimate of drug-likeness (QED) is 0.840. The number of benzene rings is 1. The monoisotopic (exact) mass is 236 g/mol. The van der Waals surface area contributed by atoms with E-state index in [9.17, 15) is 4.79 Å². The third-order valence-electron chi connectivity index (χ3n) is 2.18. The zero-order valence-electron chi connectivity index (χ0n) is 10.6. The fraction of sp³-hybridized carbons (Fsp3) is 0.462. The third kappa shape index (κ3) is 4.44. The van der Waals surface area contributed by atoms with Crippen LogP contribution in [0.2, 0.25) is 0 Å². The molecule has 3 N–H and O–H groups in total. The average Bonchev–Trinajstić information content (AvgIpc) is 2.27. The van der Waals surface area contributed by atoms with Gasteiger partial charge < -0.3 is 15.8 Å². The van der Waals surface area contributed by atoms with E-state index in [0.29, 0.717) is 13.2 Å². The summed E-state index contributed by atoms with van der Waals surface area (Å²) in [5.41, 5.74) is 5.71. The van der Waals surface area contributed by atoms with Gasteiger partial charge in [0.15, 0.2) is 0 Å². The van der Waals surface area contributed by atoms with Gasteiger partial charge in [-0.25, -0.2) is 0 Å². The number of rotatable bonds is 4. The molecule has 4 heteroatoms. The van der Waals surface area contributed by atoms with Gasteiger partial charge in [0, 0.05) is 17.6 Å². The van der Waals surface area contributed by atoms with E-state index in [0.717, 1.165) is 11.4 Å². The Hall–Kier alpha value is -1.55. The summed E-state index contributed by atoms with van der Waals surface area (Å²) < 4.78 is 5.34. The molecule has 0 aliphatic heterocycles. The highest BCUT2D eigenvalue weighted by molar-refractivity contribution is 5.94. The Morgan fingerprint density at radius 1 is 1.29 bits per heavy atom. The van der Waals surface area contributed by atoms with E-state index in [1.807, 2.05) is 45.0 Å². The normalized spacial score (nSPS) is 11.1. The minimum Gasteiger partial charge on any atom is -0.492 e. The maximum absolute atomic E-state index is 11.7. The van der Waals surface area contributed by atoms with Gasteiger partial charge in [0.05, 0.1) is 0 Å². The van der Waals surface area contributed by atoms with Crippen LogP contribution in [0, 0.1) is 5.41 Å². The van der Waals surface area contributed by atoms with Crippen LogP contribution >= 0.6 is 0 Å². The predicted molar refractivity (Wildman–Crippen MR) is 69.1 cm³/mol. The second-order valence-corrected chi connectivity index (χ2v) is 4.87. The molecule has 0 heterocycles. The van der Waals surface area contributed by atoms with Gasteiger partial charge >= 0.3 is 0 Å². The summed E-state index contributed by atoms with van der Waals surface area (Å²) >= 11 is 0. The maximum atomic E-state index is 11.7. The summed E-state index contributed by atoms with van der Waals surface area (Å²) in [7, 11) is 0. The molecule has 1 rings (SSSR count). The SMILES string of the molecule is CC(C)(C)C(=O)Nc1ccc(OCCN)cc1. The van der Waals surface area contributed by atoms with Crippen molar-refractivity contribution in [2.24, 2.45) is 11.1 Å². The first-order valence-electron chi connectivity index (χ1n) is 5.68. The second kappa shape index (κ2) is 5.68. The molecule has 0 aliphatic rings. The molecule has 1 aromatic carbocycles. The Morgan fingerprint density at radius 2 is 1.88 bits per heavy atom. The maximum Gasteiger partial charge on any atom is 0.229 e. The second-order valence-electron chi connectivity index (χ2n) is 4.87. The van der Waals surface area contributed by atoms with Crippen LogP contribution in [-0.4, -0.2) is 19.1 Å². The van der Waals surface area contributed by atoms with E-state index in [-0.39, 0.29) is 5.91 Å². The van der Waals surface area contributed by atoms with E-state index in [1.54, 1.807) is 0 Å². The van der Waals surface area contributed by atoms with Crippen molar-refractivity contribution in [1.82, 2.24) is 0 Å². The van der Waals surface area contributed by atoms with Crippen LogP contribution < -0.4 is 15.8 Å². The molecule has 17 heavy (non-hydrogen) atoms. The van der Waals surface area contributed by atoms with Crippen molar-refractivity contribution in [3.63, 3.8) is 0 Å². The number of ether oxygens (including phenoxy) is 1. The summed E-state index contributed by atoms with van der Waals surface area (Å²) in [6.45, 7) is 6.61. The molecule has 94 valence electrons. The van der Waals surface area contributed by atoms with E-state index in [2.05, 4.69) is 5.32 Å². The summed E-state index contributed by atoms with van der Waals surface area (Å²) in [6, 6.07) is 7.26. The lowest BCUT2D eigenvalue weighted by atomic mass is 9.95. The van der Waals surface area contributed by atoms with Gasteiger partial charge in [-0.05, 0) is 24.3 Å². The van der Waals surface area contributed by atoms with Gasteiger partial charge in [-0.1, -0.05) is 20.8 Å². The van der Waals surface area contributed by atoms with E-state index >= 15 is 0 Å². The van der Waals surface area contributed by atoms with Gasteiger partial charge in [-0.15, -0.1) is 0 Å².